The zero-order chi connectivity index (χ0) is 28.6. The van der Waals surface area contributed by atoms with Crippen molar-refractivity contribution < 1.29 is 29.3 Å². The second-order valence-electron chi connectivity index (χ2n) is 12.4. The fourth-order valence-corrected chi connectivity index (χ4v) is 6.30. The third-order valence-electron chi connectivity index (χ3n) is 8.55. The molecule has 0 aromatic carbocycles. The van der Waals surface area contributed by atoms with Crippen LogP contribution in [0.4, 0.5) is 0 Å². The van der Waals surface area contributed by atoms with Gasteiger partial charge in [0.1, 0.15) is 18.0 Å². The molecule has 2 aliphatic rings. The van der Waals surface area contributed by atoms with Crippen LogP contribution < -0.4 is 0 Å². The highest BCUT2D eigenvalue weighted by molar-refractivity contribution is 7.09. The molecule has 0 spiro atoms. The van der Waals surface area contributed by atoms with Crippen LogP contribution in [0.2, 0.25) is 0 Å². The zero-order valence-corrected chi connectivity index (χ0v) is 25.2. The van der Waals surface area contributed by atoms with Crippen LogP contribution in [0.1, 0.15) is 77.9 Å². The van der Waals surface area contributed by atoms with Gasteiger partial charge in [-0.2, -0.15) is 0 Å². The highest BCUT2D eigenvalue weighted by Gasteiger charge is 2.59. The lowest BCUT2D eigenvalue weighted by molar-refractivity contribution is -0.156. The topological polar surface area (TPSA) is 112 Å². The number of Topliss-reactive ketones (excluding diaryl/α,β-unsaturated/α-hetero) is 1. The number of carbonyl (C=O) groups excluding carboxylic acids is 2. The lowest BCUT2D eigenvalue weighted by Gasteiger charge is -2.36. The molecule has 2 aliphatic heterocycles. The molecular weight excluding hydrogens is 504 g/mol. The Bertz CT molecular complexity index is 1040. The summed E-state index contributed by atoms with van der Waals surface area (Å²) in [6.07, 6.45) is 1.09. The predicted octanol–water partition coefficient (Wildman–Crippen LogP) is 4.02. The maximum Gasteiger partial charge on any atom is 0.309 e. The largest absolute Gasteiger partial charge is 0.456 e. The first-order valence-corrected chi connectivity index (χ1v) is 14.5. The molecule has 214 valence electrons. The summed E-state index contributed by atoms with van der Waals surface area (Å²) < 4.78 is 12.4. The van der Waals surface area contributed by atoms with Gasteiger partial charge in [0.05, 0.1) is 46.4 Å². The minimum atomic E-state index is -1.26. The van der Waals surface area contributed by atoms with E-state index in [1.165, 1.54) is 0 Å². The smallest absolute Gasteiger partial charge is 0.309 e. The van der Waals surface area contributed by atoms with Crippen molar-refractivity contribution in [3.05, 3.63) is 21.7 Å². The van der Waals surface area contributed by atoms with E-state index in [4.69, 9.17) is 9.47 Å². The van der Waals surface area contributed by atoms with Crippen molar-refractivity contribution in [3.63, 3.8) is 0 Å². The van der Waals surface area contributed by atoms with Gasteiger partial charge in [-0.15, -0.1) is 11.3 Å². The van der Waals surface area contributed by atoms with E-state index in [0.717, 1.165) is 35.5 Å². The number of nitrogens with zero attached hydrogens (tertiary/aromatic N) is 2. The first-order chi connectivity index (χ1) is 17.6. The van der Waals surface area contributed by atoms with Gasteiger partial charge in [-0.1, -0.05) is 34.1 Å². The number of aryl methyl sites for hydroxylation is 1. The summed E-state index contributed by atoms with van der Waals surface area (Å²) >= 11 is 1.55. The molecule has 8 nitrogen and oxygen atoms in total. The molecule has 3 heterocycles. The van der Waals surface area contributed by atoms with Crippen molar-refractivity contribution in [2.45, 2.75) is 110 Å². The summed E-state index contributed by atoms with van der Waals surface area (Å²) in [5.41, 5.74) is 0.0188. The van der Waals surface area contributed by atoms with E-state index in [9.17, 15) is 19.8 Å². The third-order valence-corrected chi connectivity index (χ3v) is 9.34. The molecule has 0 bridgehead atoms. The maximum absolute atomic E-state index is 13.3. The van der Waals surface area contributed by atoms with Gasteiger partial charge in [0.2, 0.25) is 0 Å². The van der Waals surface area contributed by atoms with Crippen LogP contribution in [-0.2, 0) is 19.1 Å². The number of esters is 1. The van der Waals surface area contributed by atoms with Gasteiger partial charge in [0.25, 0.3) is 0 Å². The van der Waals surface area contributed by atoms with Crippen LogP contribution in [-0.4, -0.2) is 82.0 Å². The number of ether oxygens (including phenoxy) is 2. The van der Waals surface area contributed by atoms with Crippen LogP contribution in [0.15, 0.2) is 11.0 Å². The highest BCUT2D eigenvalue weighted by Crippen LogP contribution is 2.46. The number of ketones is 1. The van der Waals surface area contributed by atoms with E-state index in [2.05, 4.69) is 11.9 Å². The van der Waals surface area contributed by atoms with Gasteiger partial charge in [-0.25, -0.2) is 4.98 Å². The molecular formula is C29H46N2O6S. The summed E-state index contributed by atoms with van der Waals surface area (Å²) in [6, 6.07) is -0.261. The minimum absolute atomic E-state index is 0.0929. The Morgan fingerprint density at radius 3 is 2.45 bits per heavy atom. The van der Waals surface area contributed by atoms with E-state index < -0.39 is 35.6 Å². The number of likely N-dealkylation sites (N-methyl/N-ethyl adjacent to an activating group) is 1. The van der Waals surface area contributed by atoms with Crippen LogP contribution in [0.3, 0.4) is 0 Å². The molecule has 3 rings (SSSR count). The average molecular weight is 551 g/mol. The van der Waals surface area contributed by atoms with Crippen LogP contribution in [0, 0.1) is 24.2 Å². The zero-order valence-electron chi connectivity index (χ0n) is 24.4. The summed E-state index contributed by atoms with van der Waals surface area (Å²) in [6.45, 7) is 12.9. The number of hydrogen-bond acceptors (Lipinski definition) is 9. The quantitative estimate of drug-likeness (QED) is 0.429. The number of hydrogen-bond donors (Lipinski definition) is 2. The van der Waals surface area contributed by atoms with Crippen molar-refractivity contribution in [2.24, 2.45) is 17.3 Å². The maximum atomic E-state index is 13.3. The number of aliphatic hydroxyl groups is 2. The molecule has 2 saturated heterocycles. The number of epoxide rings is 1. The van der Waals surface area contributed by atoms with Gasteiger partial charge >= 0.3 is 5.97 Å². The fourth-order valence-electron chi connectivity index (χ4n) is 5.73. The number of aliphatic hydroxyl groups excluding tert-OH is 2. The predicted molar refractivity (Wildman–Crippen MR) is 149 cm³/mol. The summed E-state index contributed by atoms with van der Waals surface area (Å²) in [4.78, 5) is 33.2. The van der Waals surface area contributed by atoms with Crippen molar-refractivity contribution in [2.75, 3.05) is 14.1 Å². The standard InChI is InChI=1S/C29H46N2O6S/c1-16-11-10-12-29(7)27(37-29)23(31(8)9)25(17(2)13-20-15-38-19(4)30-20)36-22(33)14-21(32)28(5,6)26(35)18(3)24(16)34/h13,15-16,18,21,23-25,27,32,34H,10-12,14H2,1-9H3. The Labute approximate surface area is 231 Å². The molecule has 8 unspecified atom stereocenters. The Balaban J connectivity index is 1.99. The molecule has 8 atom stereocenters. The molecule has 1 aromatic rings. The van der Waals surface area contributed by atoms with E-state index >= 15 is 0 Å². The lowest BCUT2D eigenvalue weighted by Crippen LogP contribution is -2.49. The van der Waals surface area contributed by atoms with Crippen molar-refractivity contribution in [1.82, 2.24) is 9.88 Å². The Hall–Kier alpha value is -1.65. The summed E-state index contributed by atoms with van der Waals surface area (Å²) in [5.74, 6) is -1.62. The van der Waals surface area contributed by atoms with E-state index in [1.54, 1.807) is 32.1 Å². The number of cyclic esters (lactones) is 1. The first kappa shape index (κ1) is 30.9. The van der Waals surface area contributed by atoms with Gasteiger partial charge in [-0.3, -0.25) is 9.59 Å². The van der Waals surface area contributed by atoms with Crippen LogP contribution in [0.25, 0.3) is 6.08 Å². The van der Waals surface area contributed by atoms with Gasteiger partial charge in [0.15, 0.2) is 0 Å². The normalized spacial score (nSPS) is 37.6. The summed E-state index contributed by atoms with van der Waals surface area (Å²) in [7, 11) is 3.89. The van der Waals surface area contributed by atoms with Crippen molar-refractivity contribution >= 4 is 29.2 Å². The van der Waals surface area contributed by atoms with Gasteiger partial charge in [0, 0.05) is 11.3 Å². The highest BCUT2D eigenvalue weighted by atomic mass is 32.1. The number of aromatic nitrogens is 1. The fraction of sp³-hybridized carbons (Fsp3) is 0.759. The SMILES string of the molecule is CC(=Cc1csc(C)n1)C1OC(=O)CC(O)C(C)(C)C(=O)C(C)C(O)C(C)CCCC2(C)OC2C1N(C)C. The summed E-state index contributed by atoms with van der Waals surface area (Å²) in [5, 5.41) is 24.9. The van der Waals surface area contributed by atoms with Gasteiger partial charge < -0.3 is 24.6 Å². The van der Waals surface area contributed by atoms with Crippen molar-refractivity contribution in [3.8, 4) is 0 Å². The lowest BCUT2D eigenvalue weighted by atomic mass is 9.73. The molecule has 38 heavy (non-hydrogen) atoms. The van der Waals surface area contributed by atoms with Gasteiger partial charge in [-0.05, 0) is 65.3 Å². The number of carbonyl (C=O) groups is 2. The van der Waals surface area contributed by atoms with Crippen LogP contribution >= 0.6 is 11.3 Å². The minimum Gasteiger partial charge on any atom is -0.456 e. The second kappa shape index (κ2) is 11.8. The van der Waals surface area contributed by atoms with Crippen molar-refractivity contribution in [1.29, 1.82) is 0 Å². The number of rotatable bonds is 3. The number of thiazole rings is 1. The molecule has 0 radical (unpaired) electrons. The molecule has 0 aliphatic carbocycles. The average Bonchev–Trinajstić information content (AvgIpc) is 3.30. The molecule has 1 aromatic heterocycles. The molecule has 2 fully saturated rings. The Kier molecular flexibility index (Phi) is 9.62. The van der Waals surface area contributed by atoms with Crippen LogP contribution in [0.5, 0.6) is 0 Å². The first-order valence-electron chi connectivity index (χ1n) is 13.6. The van der Waals surface area contributed by atoms with E-state index in [1.807, 2.05) is 51.2 Å². The van der Waals surface area contributed by atoms with E-state index in [0.29, 0.717) is 0 Å². The third kappa shape index (κ3) is 6.73. The molecule has 9 heteroatoms. The monoisotopic (exact) mass is 550 g/mol. The number of fused-ring (bicyclic) bond motifs is 1. The molecule has 2 N–H and O–H groups in total. The second-order valence-corrected chi connectivity index (χ2v) is 13.4. The Morgan fingerprint density at radius 2 is 1.87 bits per heavy atom. The Morgan fingerprint density at radius 1 is 1.21 bits per heavy atom. The molecule has 0 amide bonds. The molecule has 0 saturated carbocycles. The van der Waals surface area contributed by atoms with E-state index in [-0.39, 0.29) is 35.9 Å².